The van der Waals surface area contributed by atoms with Crippen LogP contribution in [0.2, 0.25) is 0 Å². The topological polar surface area (TPSA) is 88.0 Å². The van der Waals surface area contributed by atoms with Crippen molar-refractivity contribution in [2.75, 3.05) is 5.32 Å². The van der Waals surface area contributed by atoms with E-state index in [1.807, 2.05) is 12.1 Å². The third kappa shape index (κ3) is 2.78. The second kappa shape index (κ2) is 6.09. The van der Waals surface area contributed by atoms with E-state index in [2.05, 4.69) is 10.3 Å². The molecule has 2 amide bonds. The molecule has 4 rings (SSSR count). The molecular weight excluding hydrogens is 314 g/mol. The summed E-state index contributed by atoms with van der Waals surface area (Å²) in [6.07, 6.45) is 4.50. The molecule has 0 saturated heterocycles. The second-order valence-corrected chi connectivity index (χ2v) is 6.41. The zero-order valence-electron chi connectivity index (χ0n) is 13.8. The molecule has 0 bridgehead atoms. The number of carbonyl (C=O) groups excluding carboxylic acids is 2. The van der Waals surface area contributed by atoms with Crippen LogP contribution in [0.3, 0.4) is 0 Å². The summed E-state index contributed by atoms with van der Waals surface area (Å²) in [7, 11) is 0. The number of amides is 2. The minimum Gasteiger partial charge on any atom is -0.366 e. The molecule has 0 spiro atoms. The second-order valence-electron chi connectivity index (χ2n) is 6.41. The van der Waals surface area contributed by atoms with Crippen LogP contribution in [-0.4, -0.2) is 16.8 Å². The summed E-state index contributed by atoms with van der Waals surface area (Å²) in [4.78, 5) is 27.6. The van der Waals surface area contributed by atoms with Crippen molar-refractivity contribution >= 4 is 28.4 Å². The van der Waals surface area contributed by atoms with E-state index >= 15 is 0 Å². The summed E-state index contributed by atoms with van der Waals surface area (Å²) < 4.78 is 0. The van der Waals surface area contributed by atoms with E-state index in [0.29, 0.717) is 16.8 Å². The summed E-state index contributed by atoms with van der Waals surface area (Å²) in [5.74, 6) is -0.813. The quantitative estimate of drug-likeness (QED) is 0.686. The first-order chi connectivity index (χ1) is 12.1. The lowest BCUT2D eigenvalue weighted by Crippen LogP contribution is -2.18. The van der Waals surface area contributed by atoms with Crippen LogP contribution in [0.5, 0.6) is 0 Å². The van der Waals surface area contributed by atoms with Gasteiger partial charge >= 0.3 is 0 Å². The number of nitrogens with one attached hydrogen (secondary N) is 2. The Morgan fingerprint density at radius 1 is 1.04 bits per heavy atom. The van der Waals surface area contributed by atoms with E-state index < -0.39 is 5.91 Å². The maximum absolute atomic E-state index is 12.6. The van der Waals surface area contributed by atoms with Crippen LogP contribution in [0, 0.1) is 0 Å². The normalized spacial score (nSPS) is 13.4. The number of aromatic nitrogens is 1. The summed E-state index contributed by atoms with van der Waals surface area (Å²) >= 11 is 0. The lowest BCUT2D eigenvalue weighted by atomic mass is 9.95. The first-order valence-corrected chi connectivity index (χ1v) is 8.47. The van der Waals surface area contributed by atoms with Crippen LogP contribution in [0.25, 0.3) is 10.9 Å². The Hall–Kier alpha value is -3.08. The summed E-state index contributed by atoms with van der Waals surface area (Å²) in [5.41, 5.74) is 10.4. The largest absolute Gasteiger partial charge is 0.366 e. The lowest BCUT2D eigenvalue weighted by molar-refractivity contribution is 0.100. The first-order valence-electron chi connectivity index (χ1n) is 8.47. The van der Waals surface area contributed by atoms with Gasteiger partial charge in [-0.1, -0.05) is 12.1 Å². The van der Waals surface area contributed by atoms with Gasteiger partial charge in [0.1, 0.15) is 0 Å². The fourth-order valence-corrected chi connectivity index (χ4v) is 3.55. The Labute approximate surface area is 145 Å². The Bertz CT molecular complexity index is 988. The Balaban J connectivity index is 1.68. The van der Waals surface area contributed by atoms with Gasteiger partial charge in [-0.3, -0.25) is 9.59 Å². The van der Waals surface area contributed by atoms with Crippen molar-refractivity contribution < 1.29 is 9.59 Å². The fourth-order valence-electron chi connectivity index (χ4n) is 3.55. The van der Waals surface area contributed by atoms with Gasteiger partial charge in [0.15, 0.2) is 0 Å². The van der Waals surface area contributed by atoms with Crippen LogP contribution < -0.4 is 11.1 Å². The zero-order chi connectivity index (χ0) is 17.4. The van der Waals surface area contributed by atoms with E-state index in [0.717, 1.165) is 23.7 Å². The van der Waals surface area contributed by atoms with Gasteiger partial charge in [0.05, 0.1) is 11.3 Å². The monoisotopic (exact) mass is 333 g/mol. The molecule has 1 heterocycles. The molecule has 5 nitrogen and oxygen atoms in total. The summed E-state index contributed by atoms with van der Waals surface area (Å²) in [6, 6.07) is 12.4. The predicted molar refractivity (Wildman–Crippen MR) is 97.9 cm³/mol. The van der Waals surface area contributed by atoms with Gasteiger partial charge < -0.3 is 16.0 Å². The average molecular weight is 333 g/mol. The molecule has 0 fully saturated rings. The number of fused-ring (bicyclic) bond motifs is 3. The minimum atomic E-state index is -0.564. The van der Waals surface area contributed by atoms with E-state index in [1.165, 1.54) is 24.1 Å². The number of anilines is 1. The van der Waals surface area contributed by atoms with E-state index in [9.17, 15) is 9.59 Å². The van der Waals surface area contributed by atoms with Crippen molar-refractivity contribution in [1.82, 2.24) is 4.98 Å². The number of carbonyl (C=O) groups is 2. The van der Waals surface area contributed by atoms with E-state index in [4.69, 9.17) is 5.73 Å². The highest BCUT2D eigenvalue weighted by atomic mass is 16.2. The number of aryl methyl sites for hydroxylation is 2. The summed E-state index contributed by atoms with van der Waals surface area (Å²) in [5, 5.41) is 3.91. The van der Waals surface area contributed by atoms with Gasteiger partial charge in [-0.2, -0.15) is 0 Å². The number of hydrogen-bond acceptors (Lipinski definition) is 2. The van der Waals surface area contributed by atoms with Crippen molar-refractivity contribution in [1.29, 1.82) is 0 Å². The van der Waals surface area contributed by atoms with Gasteiger partial charge in [0.2, 0.25) is 0 Å². The third-order valence-electron chi connectivity index (χ3n) is 4.80. The van der Waals surface area contributed by atoms with E-state index in [1.54, 1.807) is 30.3 Å². The first kappa shape index (κ1) is 15.4. The number of para-hydroxylation sites is 1. The highest BCUT2D eigenvalue weighted by molar-refractivity contribution is 6.10. The van der Waals surface area contributed by atoms with Crippen LogP contribution in [0.1, 0.15) is 44.8 Å². The van der Waals surface area contributed by atoms with Gasteiger partial charge in [0, 0.05) is 22.2 Å². The third-order valence-corrected chi connectivity index (χ3v) is 4.80. The minimum absolute atomic E-state index is 0.249. The molecule has 0 aliphatic heterocycles. The zero-order valence-corrected chi connectivity index (χ0v) is 13.8. The van der Waals surface area contributed by atoms with Crippen molar-refractivity contribution in [2.45, 2.75) is 25.7 Å². The average Bonchev–Trinajstić information content (AvgIpc) is 2.99. The smallest absolute Gasteiger partial charge is 0.255 e. The highest BCUT2D eigenvalue weighted by Gasteiger charge is 2.17. The molecule has 0 radical (unpaired) electrons. The number of primary amides is 1. The predicted octanol–water partition coefficient (Wildman–Crippen LogP) is 3.40. The molecule has 5 heteroatoms. The molecule has 2 aromatic carbocycles. The molecule has 0 unspecified atom stereocenters. The van der Waals surface area contributed by atoms with Gasteiger partial charge in [-0.05, 0) is 61.6 Å². The van der Waals surface area contributed by atoms with Crippen molar-refractivity contribution in [2.24, 2.45) is 5.73 Å². The van der Waals surface area contributed by atoms with Gasteiger partial charge in [0.25, 0.3) is 11.8 Å². The molecule has 0 saturated carbocycles. The van der Waals surface area contributed by atoms with Crippen molar-refractivity contribution in [3.8, 4) is 0 Å². The molecule has 4 N–H and O–H groups in total. The Kier molecular flexibility index (Phi) is 3.76. The van der Waals surface area contributed by atoms with Crippen molar-refractivity contribution in [3.05, 3.63) is 64.8 Å². The number of hydrogen-bond donors (Lipinski definition) is 3. The molecule has 126 valence electrons. The lowest BCUT2D eigenvalue weighted by Gasteiger charge is -2.11. The molecule has 1 aliphatic carbocycles. The Morgan fingerprint density at radius 2 is 1.84 bits per heavy atom. The number of benzene rings is 2. The number of H-pyrrole nitrogens is 1. The molecular formula is C20H19N3O2. The van der Waals surface area contributed by atoms with Gasteiger partial charge in [-0.25, -0.2) is 0 Å². The van der Waals surface area contributed by atoms with Gasteiger partial charge in [-0.15, -0.1) is 0 Å². The van der Waals surface area contributed by atoms with Crippen LogP contribution >= 0.6 is 0 Å². The number of nitrogens with two attached hydrogens (primary N) is 1. The fraction of sp³-hybridized carbons (Fsp3) is 0.200. The summed E-state index contributed by atoms with van der Waals surface area (Å²) in [6.45, 7) is 0. The maximum Gasteiger partial charge on any atom is 0.255 e. The number of rotatable bonds is 3. The van der Waals surface area contributed by atoms with Crippen LogP contribution in [0.4, 0.5) is 5.69 Å². The van der Waals surface area contributed by atoms with E-state index in [-0.39, 0.29) is 5.91 Å². The maximum atomic E-state index is 12.6. The number of aromatic amines is 1. The van der Waals surface area contributed by atoms with Crippen LogP contribution in [-0.2, 0) is 12.8 Å². The standard InChI is InChI=1S/C20H19N3O2/c21-19(24)14-6-2-4-8-17(14)23-20(25)12-9-10-18-15(11-12)13-5-1-3-7-16(13)22-18/h2,4,6,8-11,22H,1,3,5,7H2,(H2,21,24)(H,23,25). The SMILES string of the molecule is NC(=O)c1ccccc1NC(=O)c1ccc2[nH]c3c(c2c1)CCCC3. The molecule has 1 aliphatic rings. The molecule has 0 atom stereocenters. The van der Waals surface area contributed by atoms with Crippen molar-refractivity contribution in [3.63, 3.8) is 0 Å². The highest BCUT2D eigenvalue weighted by Crippen LogP contribution is 2.30. The molecule has 1 aromatic heterocycles. The van der Waals surface area contributed by atoms with Crippen LogP contribution in [0.15, 0.2) is 42.5 Å². The Morgan fingerprint density at radius 3 is 2.68 bits per heavy atom. The molecule has 3 aromatic rings. The molecule has 25 heavy (non-hydrogen) atoms.